The molecule has 3 nitrogen and oxygen atoms in total. The highest BCUT2D eigenvalue weighted by Gasteiger charge is 2.09. The number of unbranched alkanes of at least 4 members (excludes halogenated alkanes) is 1. The first-order valence-electron chi connectivity index (χ1n) is 3.23. The molecule has 0 aromatic carbocycles. The molecule has 0 bridgehead atoms. The lowest BCUT2D eigenvalue weighted by atomic mass is 10.1. The number of hydrogen-bond donors (Lipinski definition) is 2. The van der Waals surface area contributed by atoms with Crippen LogP contribution in [-0.2, 0) is 4.79 Å². The third kappa shape index (κ3) is 4.26. The van der Waals surface area contributed by atoms with Crippen LogP contribution in [0.15, 0.2) is 0 Å². The largest absolute Gasteiger partial charge is 0.480 e. The average molecular weight is 149 g/mol. The van der Waals surface area contributed by atoms with Crippen LogP contribution in [0.5, 0.6) is 0 Å². The van der Waals surface area contributed by atoms with Crippen molar-refractivity contribution in [3.8, 4) is 0 Å². The molecule has 0 amide bonds. The first-order valence-corrected chi connectivity index (χ1v) is 3.23. The van der Waals surface area contributed by atoms with E-state index in [1.807, 2.05) is 0 Å². The Morgan fingerprint density at radius 2 is 2.20 bits per heavy atom. The molecule has 0 saturated carbocycles. The number of carboxylic acids is 1. The van der Waals surface area contributed by atoms with Crippen LogP contribution in [-0.4, -0.2) is 23.8 Å². The second-order valence-electron chi connectivity index (χ2n) is 2.13. The summed E-state index contributed by atoms with van der Waals surface area (Å²) < 4.78 is 11.5. The van der Waals surface area contributed by atoms with Crippen molar-refractivity contribution in [2.45, 2.75) is 25.3 Å². The predicted molar refractivity (Wildman–Crippen MR) is 35.4 cm³/mol. The summed E-state index contributed by atoms with van der Waals surface area (Å²) in [6.07, 6.45) is 1.31. The van der Waals surface area contributed by atoms with Crippen LogP contribution in [0.4, 0.5) is 4.39 Å². The van der Waals surface area contributed by atoms with Crippen LogP contribution in [0.2, 0.25) is 0 Å². The highest BCUT2D eigenvalue weighted by atomic mass is 19.1. The summed E-state index contributed by atoms with van der Waals surface area (Å²) in [5.74, 6) is -1.01. The minimum absolute atomic E-state index is 0.360. The van der Waals surface area contributed by atoms with Gasteiger partial charge in [-0.2, -0.15) is 0 Å². The molecule has 0 heterocycles. The standard InChI is InChI=1S/C6H12FNO2/c7-4-2-1-3-5(8)6(9)10/h5H,1-4,8H2,(H,9,10). The van der Waals surface area contributed by atoms with Gasteiger partial charge in [0, 0.05) is 0 Å². The number of aliphatic carboxylic acids is 1. The topological polar surface area (TPSA) is 63.3 Å². The van der Waals surface area contributed by atoms with Crippen LogP contribution in [0, 0.1) is 0 Å². The van der Waals surface area contributed by atoms with Crippen LogP contribution in [0.25, 0.3) is 0 Å². The summed E-state index contributed by atoms with van der Waals surface area (Å²) >= 11 is 0. The lowest BCUT2D eigenvalue weighted by Gasteiger charge is -2.03. The van der Waals surface area contributed by atoms with Gasteiger partial charge in [-0.1, -0.05) is 0 Å². The maximum absolute atomic E-state index is 11.5. The third-order valence-corrected chi connectivity index (χ3v) is 1.22. The summed E-state index contributed by atoms with van der Waals surface area (Å²) in [5, 5.41) is 8.26. The van der Waals surface area contributed by atoms with Gasteiger partial charge in [0.25, 0.3) is 0 Å². The van der Waals surface area contributed by atoms with E-state index in [9.17, 15) is 9.18 Å². The highest BCUT2D eigenvalue weighted by Crippen LogP contribution is 1.98. The Bertz CT molecular complexity index is 108. The highest BCUT2D eigenvalue weighted by molar-refractivity contribution is 5.72. The van der Waals surface area contributed by atoms with Gasteiger partial charge in [0.1, 0.15) is 6.04 Å². The fourth-order valence-corrected chi connectivity index (χ4v) is 0.582. The van der Waals surface area contributed by atoms with Gasteiger partial charge in [-0.05, 0) is 19.3 Å². The van der Waals surface area contributed by atoms with Crippen molar-refractivity contribution in [1.29, 1.82) is 0 Å². The summed E-state index contributed by atoms with van der Waals surface area (Å²) in [5.41, 5.74) is 5.14. The summed E-state index contributed by atoms with van der Waals surface area (Å²) in [6.45, 7) is -0.396. The van der Waals surface area contributed by atoms with E-state index in [2.05, 4.69) is 0 Å². The van der Waals surface area contributed by atoms with E-state index in [-0.39, 0.29) is 0 Å². The first-order chi connectivity index (χ1) is 4.68. The van der Waals surface area contributed by atoms with Crippen molar-refractivity contribution in [3.05, 3.63) is 0 Å². The molecular formula is C6H12FNO2. The Balaban J connectivity index is 3.21. The second kappa shape index (κ2) is 5.17. The van der Waals surface area contributed by atoms with E-state index in [0.717, 1.165) is 0 Å². The molecule has 0 saturated heterocycles. The first kappa shape index (κ1) is 9.36. The fourth-order valence-electron chi connectivity index (χ4n) is 0.582. The fraction of sp³-hybridized carbons (Fsp3) is 0.833. The number of carbonyl (C=O) groups is 1. The second-order valence-corrected chi connectivity index (χ2v) is 2.13. The van der Waals surface area contributed by atoms with Crippen molar-refractivity contribution in [2.75, 3.05) is 6.67 Å². The number of halogens is 1. The number of alkyl halides is 1. The van der Waals surface area contributed by atoms with Gasteiger partial charge in [-0.3, -0.25) is 9.18 Å². The molecule has 4 heteroatoms. The normalized spacial score (nSPS) is 13.0. The summed E-state index contributed by atoms with van der Waals surface area (Å²) in [7, 11) is 0. The summed E-state index contributed by atoms with van der Waals surface area (Å²) in [6, 6.07) is -0.827. The van der Waals surface area contributed by atoms with Crippen molar-refractivity contribution in [3.63, 3.8) is 0 Å². The Kier molecular flexibility index (Phi) is 4.84. The van der Waals surface area contributed by atoms with E-state index in [1.54, 1.807) is 0 Å². The van der Waals surface area contributed by atoms with E-state index in [0.29, 0.717) is 19.3 Å². The average Bonchev–Trinajstić information content (AvgIpc) is 1.88. The zero-order chi connectivity index (χ0) is 7.98. The molecule has 0 rings (SSSR count). The monoisotopic (exact) mass is 149 g/mol. The van der Waals surface area contributed by atoms with Gasteiger partial charge in [-0.15, -0.1) is 0 Å². The number of nitrogens with two attached hydrogens (primary N) is 1. The number of hydrogen-bond acceptors (Lipinski definition) is 2. The van der Waals surface area contributed by atoms with Crippen LogP contribution in [0.1, 0.15) is 19.3 Å². The van der Waals surface area contributed by atoms with E-state index >= 15 is 0 Å². The van der Waals surface area contributed by atoms with Gasteiger partial charge >= 0.3 is 5.97 Å². The molecule has 1 unspecified atom stereocenters. The minimum Gasteiger partial charge on any atom is -0.480 e. The molecule has 3 N–H and O–H groups in total. The minimum atomic E-state index is -1.01. The lowest BCUT2D eigenvalue weighted by Crippen LogP contribution is -2.29. The molecule has 60 valence electrons. The quantitative estimate of drug-likeness (QED) is 0.561. The van der Waals surface area contributed by atoms with Gasteiger partial charge in [-0.25, -0.2) is 0 Å². The number of carboxylic acid groups (broad SMARTS) is 1. The van der Waals surface area contributed by atoms with Crippen molar-refractivity contribution in [2.24, 2.45) is 5.73 Å². The van der Waals surface area contributed by atoms with E-state index < -0.39 is 18.7 Å². The zero-order valence-electron chi connectivity index (χ0n) is 5.72. The Morgan fingerprint density at radius 3 is 2.60 bits per heavy atom. The van der Waals surface area contributed by atoms with Gasteiger partial charge in [0.2, 0.25) is 0 Å². The zero-order valence-corrected chi connectivity index (χ0v) is 5.72. The van der Waals surface area contributed by atoms with E-state index in [4.69, 9.17) is 10.8 Å². The van der Waals surface area contributed by atoms with Crippen molar-refractivity contribution < 1.29 is 14.3 Å². The third-order valence-electron chi connectivity index (χ3n) is 1.22. The molecule has 0 radical (unpaired) electrons. The van der Waals surface area contributed by atoms with Gasteiger partial charge < -0.3 is 10.8 Å². The number of rotatable bonds is 5. The van der Waals surface area contributed by atoms with Crippen molar-refractivity contribution in [1.82, 2.24) is 0 Å². The smallest absolute Gasteiger partial charge is 0.320 e. The molecule has 0 aliphatic carbocycles. The van der Waals surface area contributed by atoms with Gasteiger partial charge in [0.15, 0.2) is 0 Å². The SMILES string of the molecule is NC(CCCCF)C(=O)O. The molecule has 0 spiro atoms. The van der Waals surface area contributed by atoms with Crippen LogP contribution >= 0.6 is 0 Å². The molecule has 0 aromatic rings. The molecule has 0 aromatic heterocycles. The maximum atomic E-state index is 11.5. The molecule has 1 atom stereocenters. The molecule has 0 aliphatic heterocycles. The molecule has 0 fully saturated rings. The molecule has 0 aliphatic rings. The van der Waals surface area contributed by atoms with Crippen molar-refractivity contribution >= 4 is 5.97 Å². The molecular weight excluding hydrogens is 137 g/mol. The van der Waals surface area contributed by atoms with Gasteiger partial charge in [0.05, 0.1) is 6.67 Å². The summed E-state index contributed by atoms with van der Waals surface area (Å²) in [4.78, 5) is 10.1. The maximum Gasteiger partial charge on any atom is 0.320 e. The lowest BCUT2D eigenvalue weighted by molar-refractivity contribution is -0.138. The van der Waals surface area contributed by atoms with E-state index in [1.165, 1.54) is 0 Å². The predicted octanol–water partition coefficient (Wildman–Crippen LogP) is 0.538. The van der Waals surface area contributed by atoms with Crippen LogP contribution < -0.4 is 5.73 Å². The molecule has 10 heavy (non-hydrogen) atoms. The Labute approximate surface area is 59.0 Å². The van der Waals surface area contributed by atoms with Crippen LogP contribution in [0.3, 0.4) is 0 Å². The Hall–Kier alpha value is -0.640. The Morgan fingerprint density at radius 1 is 1.60 bits per heavy atom.